The van der Waals surface area contributed by atoms with Crippen LogP contribution in [0.1, 0.15) is 16.7 Å². The summed E-state index contributed by atoms with van der Waals surface area (Å²) in [6, 6.07) is 3.48. The molecule has 0 spiro atoms. The monoisotopic (exact) mass is 311 g/mol. The van der Waals surface area contributed by atoms with E-state index >= 15 is 0 Å². The number of aliphatic carboxylic acids is 1. The average molecular weight is 311 g/mol. The third-order valence-corrected chi connectivity index (χ3v) is 4.72. The molecule has 0 saturated carbocycles. The molecule has 1 unspecified atom stereocenters. The number of piperazine rings is 1. The fourth-order valence-electron chi connectivity index (χ4n) is 2.32. The predicted molar refractivity (Wildman–Crippen MR) is 81.5 cm³/mol. The first kappa shape index (κ1) is 15.8. The Kier molecular flexibility index (Phi) is 5.19. The van der Waals surface area contributed by atoms with Gasteiger partial charge in [0.25, 0.3) is 0 Å². The first-order valence-corrected chi connectivity index (χ1v) is 7.84. The highest BCUT2D eigenvalue weighted by Gasteiger charge is 2.26. The van der Waals surface area contributed by atoms with Crippen molar-refractivity contribution in [2.75, 3.05) is 26.2 Å². The Hall–Kier alpha value is -1.60. The van der Waals surface area contributed by atoms with E-state index in [9.17, 15) is 9.59 Å². The molecular weight excluding hydrogens is 290 g/mol. The number of urea groups is 1. The second kappa shape index (κ2) is 6.91. The summed E-state index contributed by atoms with van der Waals surface area (Å²) >= 11 is 1.68. The Morgan fingerprint density at radius 1 is 1.33 bits per heavy atom. The Morgan fingerprint density at radius 3 is 2.52 bits per heavy atom. The number of nitrogens with zero attached hydrogens (tertiary/aromatic N) is 2. The first-order chi connectivity index (χ1) is 9.97. The summed E-state index contributed by atoms with van der Waals surface area (Å²) in [6.45, 7) is 6.58. The second-order valence-electron chi connectivity index (χ2n) is 5.21. The summed E-state index contributed by atoms with van der Waals surface area (Å²) in [7, 11) is 0. The fourth-order valence-corrected chi connectivity index (χ4v) is 3.15. The van der Waals surface area contributed by atoms with Gasteiger partial charge in [0.1, 0.15) is 6.04 Å². The number of nitrogens with one attached hydrogen (secondary N) is 1. The van der Waals surface area contributed by atoms with Crippen molar-refractivity contribution in [3.8, 4) is 0 Å². The first-order valence-electron chi connectivity index (χ1n) is 7.02. The topological polar surface area (TPSA) is 72.9 Å². The number of aryl methyl sites for hydroxylation is 1. The Balaban J connectivity index is 1.76. The van der Waals surface area contributed by atoms with Gasteiger partial charge in [0.2, 0.25) is 0 Å². The number of carbonyl (C=O) groups excluding carboxylic acids is 1. The number of carboxylic acid groups (broad SMARTS) is 1. The van der Waals surface area contributed by atoms with Crippen LogP contribution in [-0.4, -0.2) is 59.1 Å². The molecule has 0 bridgehead atoms. The van der Waals surface area contributed by atoms with Gasteiger partial charge < -0.3 is 15.3 Å². The molecule has 1 atom stereocenters. The van der Waals surface area contributed by atoms with Gasteiger partial charge in [-0.05, 0) is 26.0 Å². The molecule has 7 heteroatoms. The Bertz CT molecular complexity index is 509. The molecule has 1 fully saturated rings. The average Bonchev–Trinajstić information content (AvgIpc) is 2.89. The van der Waals surface area contributed by atoms with Gasteiger partial charge >= 0.3 is 12.0 Å². The summed E-state index contributed by atoms with van der Waals surface area (Å²) in [5, 5.41) is 11.9. The molecule has 6 nitrogen and oxygen atoms in total. The minimum Gasteiger partial charge on any atom is -0.480 e. The number of amides is 2. The summed E-state index contributed by atoms with van der Waals surface area (Å²) in [5.41, 5.74) is 0. The van der Waals surface area contributed by atoms with Crippen molar-refractivity contribution in [3.05, 3.63) is 21.9 Å². The molecule has 1 saturated heterocycles. The zero-order valence-electron chi connectivity index (χ0n) is 12.3. The van der Waals surface area contributed by atoms with Crippen molar-refractivity contribution in [2.45, 2.75) is 26.4 Å². The van der Waals surface area contributed by atoms with Crippen molar-refractivity contribution in [3.63, 3.8) is 0 Å². The van der Waals surface area contributed by atoms with Crippen molar-refractivity contribution < 1.29 is 14.7 Å². The summed E-state index contributed by atoms with van der Waals surface area (Å²) in [6.07, 6.45) is 0. The van der Waals surface area contributed by atoms with Crippen LogP contribution in [0.15, 0.2) is 12.1 Å². The van der Waals surface area contributed by atoms with Crippen LogP contribution >= 0.6 is 11.3 Å². The number of carboxylic acids is 1. The van der Waals surface area contributed by atoms with E-state index in [1.165, 1.54) is 4.88 Å². The van der Waals surface area contributed by atoms with E-state index in [1.54, 1.807) is 23.2 Å². The van der Waals surface area contributed by atoms with Crippen molar-refractivity contribution in [2.24, 2.45) is 0 Å². The lowest BCUT2D eigenvalue weighted by molar-refractivity contribution is -0.143. The van der Waals surface area contributed by atoms with Crippen LogP contribution in [0, 0.1) is 6.92 Å². The molecule has 116 valence electrons. The van der Waals surface area contributed by atoms with Gasteiger partial charge in [-0.25, -0.2) is 4.79 Å². The lowest BCUT2D eigenvalue weighted by Gasteiger charge is -2.36. The van der Waals surface area contributed by atoms with Gasteiger partial charge in [-0.2, -0.15) is 0 Å². The van der Waals surface area contributed by atoms with Gasteiger partial charge in [0.05, 0.1) is 6.54 Å². The van der Waals surface area contributed by atoms with E-state index < -0.39 is 12.0 Å². The normalized spacial score (nSPS) is 17.5. The molecule has 1 aliphatic heterocycles. The molecule has 0 aliphatic carbocycles. The number of hydrogen-bond acceptors (Lipinski definition) is 4. The maximum atomic E-state index is 12.1. The Morgan fingerprint density at radius 2 is 2.00 bits per heavy atom. The third kappa shape index (κ3) is 4.18. The van der Waals surface area contributed by atoms with Gasteiger partial charge in [-0.15, -0.1) is 11.3 Å². The van der Waals surface area contributed by atoms with Crippen LogP contribution in [0.2, 0.25) is 0 Å². The quantitative estimate of drug-likeness (QED) is 0.880. The minimum absolute atomic E-state index is 0.0799. The lowest BCUT2D eigenvalue weighted by Crippen LogP contribution is -2.54. The van der Waals surface area contributed by atoms with Crippen LogP contribution in [0.25, 0.3) is 0 Å². The molecule has 2 N–H and O–H groups in total. The van der Waals surface area contributed by atoms with E-state index in [4.69, 9.17) is 5.11 Å². The summed E-state index contributed by atoms with van der Waals surface area (Å²) in [4.78, 5) is 29.0. The van der Waals surface area contributed by atoms with Gasteiger partial charge in [0, 0.05) is 35.9 Å². The van der Waals surface area contributed by atoms with Crippen LogP contribution in [0.5, 0.6) is 0 Å². The van der Waals surface area contributed by atoms with Gasteiger partial charge in [-0.3, -0.25) is 9.69 Å². The summed E-state index contributed by atoms with van der Waals surface area (Å²) < 4.78 is 0. The molecule has 0 radical (unpaired) electrons. The fraction of sp³-hybridized carbons (Fsp3) is 0.571. The Labute approximate surface area is 128 Å². The molecule has 1 aromatic rings. The van der Waals surface area contributed by atoms with Crippen LogP contribution in [0.3, 0.4) is 0 Å². The van der Waals surface area contributed by atoms with E-state index in [0.29, 0.717) is 32.7 Å². The molecule has 2 amide bonds. The van der Waals surface area contributed by atoms with Crippen LogP contribution < -0.4 is 5.32 Å². The molecular formula is C14H21N3O3S. The number of carbonyl (C=O) groups is 2. The highest BCUT2D eigenvalue weighted by Crippen LogP contribution is 2.14. The summed E-state index contributed by atoms with van der Waals surface area (Å²) in [5.74, 6) is -0.819. The van der Waals surface area contributed by atoms with E-state index in [1.807, 2.05) is 24.0 Å². The van der Waals surface area contributed by atoms with Gasteiger partial charge in [0.15, 0.2) is 0 Å². The number of rotatable bonds is 4. The van der Waals surface area contributed by atoms with E-state index in [0.717, 1.165) is 4.88 Å². The zero-order valence-corrected chi connectivity index (χ0v) is 13.2. The standard InChI is InChI=1S/C14H21N3O3S/c1-10-3-4-12(21-10)9-15-14(20)17-7-5-16(6-8-17)11(2)13(18)19/h3-4,11H,5-9H2,1-2H3,(H,15,20)(H,18,19). The van der Waals surface area contributed by atoms with E-state index in [-0.39, 0.29) is 6.03 Å². The highest BCUT2D eigenvalue weighted by molar-refractivity contribution is 7.11. The molecule has 2 rings (SSSR count). The molecule has 2 heterocycles. The van der Waals surface area contributed by atoms with Crippen LogP contribution in [-0.2, 0) is 11.3 Å². The van der Waals surface area contributed by atoms with Crippen molar-refractivity contribution in [1.29, 1.82) is 0 Å². The number of thiophene rings is 1. The van der Waals surface area contributed by atoms with Crippen molar-refractivity contribution >= 4 is 23.3 Å². The second-order valence-corrected chi connectivity index (χ2v) is 6.58. The highest BCUT2D eigenvalue weighted by atomic mass is 32.1. The van der Waals surface area contributed by atoms with Crippen LogP contribution in [0.4, 0.5) is 4.79 Å². The van der Waals surface area contributed by atoms with Crippen molar-refractivity contribution in [1.82, 2.24) is 15.1 Å². The molecule has 1 aliphatic rings. The predicted octanol–water partition coefficient (Wildman–Crippen LogP) is 1.36. The molecule has 1 aromatic heterocycles. The molecule has 0 aromatic carbocycles. The maximum absolute atomic E-state index is 12.1. The maximum Gasteiger partial charge on any atom is 0.320 e. The minimum atomic E-state index is -0.819. The number of hydrogen-bond donors (Lipinski definition) is 2. The lowest BCUT2D eigenvalue weighted by atomic mass is 10.2. The molecule has 21 heavy (non-hydrogen) atoms. The smallest absolute Gasteiger partial charge is 0.320 e. The zero-order chi connectivity index (χ0) is 15.4. The third-order valence-electron chi connectivity index (χ3n) is 3.72. The van der Waals surface area contributed by atoms with Gasteiger partial charge in [-0.1, -0.05) is 0 Å². The SMILES string of the molecule is Cc1ccc(CNC(=O)N2CCN(C(C)C(=O)O)CC2)s1. The van der Waals surface area contributed by atoms with E-state index in [2.05, 4.69) is 5.32 Å². The largest absolute Gasteiger partial charge is 0.480 e.